The molecule has 2 saturated carbocycles. The number of allylic oxidation sites excluding steroid dienone is 2. The fourth-order valence-electron chi connectivity index (χ4n) is 3.28. The van der Waals surface area contributed by atoms with Gasteiger partial charge in [-0.2, -0.15) is 0 Å². The monoisotopic (exact) mass is 176 g/mol. The number of Topliss-reactive ketones (excluding diaryl/α,β-unsaturated/α-hetero) is 1. The first kappa shape index (κ1) is 7.48. The van der Waals surface area contributed by atoms with E-state index in [0.717, 1.165) is 19.3 Å². The summed E-state index contributed by atoms with van der Waals surface area (Å²) in [5.41, 5.74) is 1.43. The van der Waals surface area contributed by atoms with Gasteiger partial charge < -0.3 is 0 Å². The molecule has 3 rings (SSSR count). The number of hydrogen-bond acceptors (Lipinski definition) is 2. The summed E-state index contributed by atoms with van der Waals surface area (Å²) in [5.74, 6) is 0.962. The normalized spacial score (nSPS) is 42.2. The Morgan fingerprint density at radius 3 is 3.08 bits per heavy atom. The molecule has 0 aromatic rings. The molecule has 13 heavy (non-hydrogen) atoms. The second-order valence-electron chi connectivity index (χ2n) is 4.66. The first-order valence-electron chi connectivity index (χ1n) is 4.96. The lowest BCUT2D eigenvalue weighted by Gasteiger charge is -2.29. The van der Waals surface area contributed by atoms with Gasteiger partial charge in [-0.1, -0.05) is 5.57 Å². The highest BCUT2D eigenvalue weighted by Crippen LogP contribution is 2.58. The van der Waals surface area contributed by atoms with E-state index in [1.165, 1.54) is 5.57 Å². The van der Waals surface area contributed by atoms with Crippen molar-refractivity contribution < 1.29 is 9.59 Å². The Balaban J connectivity index is 2.05. The Morgan fingerprint density at radius 2 is 2.23 bits per heavy atom. The molecule has 2 fully saturated rings. The molecule has 2 bridgehead atoms. The summed E-state index contributed by atoms with van der Waals surface area (Å²) in [6, 6.07) is 0. The summed E-state index contributed by atoms with van der Waals surface area (Å²) in [6.07, 6.45) is 5.97. The summed E-state index contributed by atoms with van der Waals surface area (Å²) in [6.45, 7) is 0. The Bertz CT molecular complexity index is 340. The van der Waals surface area contributed by atoms with Crippen LogP contribution < -0.4 is 0 Å². The van der Waals surface area contributed by atoms with Crippen LogP contribution in [0, 0.1) is 11.3 Å². The summed E-state index contributed by atoms with van der Waals surface area (Å²) in [4.78, 5) is 22.7. The minimum atomic E-state index is 0.148. The second kappa shape index (κ2) is 2.11. The Kier molecular flexibility index (Phi) is 1.22. The number of ketones is 2. The smallest absolute Gasteiger partial charge is 0.156 e. The molecule has 0 aliphatic heterocycles. The van der Waals surface area contributed by atoms with Crippen molar-refractivity contribution in [1.29, 1.82) is 0 Å². The quantitative estimate of drug-likeness (QED) is 0.562. The molecule has 3 aliphatic carbocycles. The molecule has 0 amide bonds. The van der Waals surface area contributed by atoms with Gasteiger partial charge in [-0.15, -0.1) is 0 Å². The van der Waals surface area contributed by atoms with Gasteiger partial charge >= 0.3 is 0 Å². The van der Waals surface area contributed by atoms with Crippen molar-refractivity contribution in [3.8, 4) is 0 Å². The van der Waals surface area contributed by atoms with E-state index < -0.39 is 0 Å². The lowest BCUT2D eigenvalue weighted by Crippen LogP contribution is -2.26. The van der Waals surface area contributed by atoms with E-state index in [-0.39, 0.29) is 17.1 Å². The third kappa shape index (κ3) is 0.835. The Labute approximate surface area is 77.0 Å². The summed E-state index contributed by atoms with van der Waals surface area (Å²) < 4.78 is 0. The molecule has 2 heteroatoms. The fourth-order valence-corrected chi connectivity index (χ4v) is 3.28. The van der Waals surface area contributed by atoms with Crippen molar-refractivity contribution in [3.05, 3.63) is 11.6 Å². The molecule has 1 spiro atoms. The standard InChI is InChI=1S/C11H12O2/c12-9-4-8-3-7-5-11(8,6-9)2-1-10(7)13/h4,7H,1-3,5-6H2/t7-,11-/m0/s1. The van der Waals surface area contributed by atoms with E-state index in [1.807, 2.05) is 0 Å². The van der Waals surface area contributed by atoms with Crippen LogP contribution in [0.3, 0.4) is 0 Å². The van der Waals surface area contributed by atoms with Gasteiger partial charge in [-0.3, -0.25) is 9.59 Å². The van der Waals surface area contributed by atoms with Gasteiger partial charge in [-0.25, -0.2) is 0 Å². The largest absolute Gasteiger partial charge is 0.299 e. The Hall–Kier alpha value is -0.920. The first-order valence-corrected chi connectivity index (χ1v) is 4.96. The zero-order valence-electron chi connectivity index (χ0n) is 7.51. The number of fused-ring (bicyclic) bond motifs is 1. The minimum Gasteiger partial charge on any atom is -0.299 e. The van der Waals surface area contributed by atoms with Gasteiger partial charge in [0.2, 0.25) is 0 Å². The van der Waals surface area contributed by atoms with Crippen molar-refractivity contribution in [2.24, 2.45) is 11.3 Å². The molecular formula is C11H12O2. The van der Waals surface area contributed by atoms with Crippen LogP contribution in [0.15, 0.2) is 11.6 Å². The molecule has 0 unspecified atom stereocenters. The Morgan fingerprint density at radius 1 is 1.38 bits per heavy atom. The third-order valence-corrected chi connectivity index (χ3v) is 3.94. The van der Waals surface area contributed by atoms with Gasteiger partial charge in [-0.05, 0) is 30.8 Å². The topological polar surface area (TPSA) is 34.1 Å². The number of carbonyl (C=O) groups excluding carboxylic acids is 2. The predicted molar refractivity (Wildman–Crippen MR) is 47.1 cm³/mol. The average Bonchev–Trinajstić information content (AvgIpc) is 2.49. The maximum atomic E-state index is 11.4. The van der Waals surface area contributed by atoms with E-state index in [4.69, 9.17) is 0 Å². The number of rotatable bonds is 0. The minimum absolute atomic E-state index is 0.148. The van der Waals surface area contributed by atoms with E-state index in [2.05, 4.69) is 0 Å². The van der Waals surface area contributed by atoms with Gasteiger partial charge in [0.15, 0.2) is 5.78 Å². The van der Waals surface area contributed by atoms with Gasteiger partial charge in [0, 0.05) is 18.8 Å². The van der Waals surface area contributed by atoms with Crippen molar-refractivity contribution in [2.75, 3.05) is 0 Å². The lowest BCUT2D eigenvalue weighted by atomic mass is 9.73. The third-order valence-electron chi connectivity index (χ3n) is 3.94. The fraction of sp³-hybridized carbons (Fsp3) is 0.636. The van der Waals surface area contributed by atoms with E-state index in [1.54, 1.807) is 6.08 Å². The molecule has 0 saturated heterocycles. The van der Waals surface area contributed by atoms with Crippen LogP contribution >= 0.6 is 0 Å². The molecule has 3 aliphatic rings. The molecule has 0 heterocycles. The lowest BCUT2D eigenvalue weighted by molar-refractivity contribution is -0.126. The maximum Gasteiger partial charge on any atom is 0.156 e. The van der Waals surface area contributed by atoms with Gasteiger partial charge in [0.25, 0.3) is 0 Å². The first-order chi connectivity index (χ1) is 6.20. The molecule has 0 aromatic heterocycles. The summed E-state index contributed by atoms with van der Waals surface area (Å²) in [7, 11) is 0. The van der Waals surface area contributed by atoms with Crippen molar-refractivity contribution in [2.45, 2.75) is 32.1 Å². The van der Waals surface area contributed by atoms with Crippen LogP contribution in [0.1, 0.15) is 32.1 Å². The van der Waals surface area contributed by atoms with Crippen LogP contribution in [0.25, 0.3) is 0 Å². The van der Waals surface area contributed by atoms with Gasteiger partial charge in [0.1, 0.15) is 5.78 Å². The zero-order chi connectivity index (χ0) is 9.05. The molecule has 68 valence electrons. The SMILES string of the molecule is O=C1C=C2C[C@H]3C[C@@]2(CCC3=O)C1. The number of carbonyl (C=O) groups is 2. The summed E-state index contributed by atoms with van der Waals surface area (Å²) in [5, 5.41) is 0. The maximum absolute atomic E-state index is 11.4. The van der Waals surface area contributed by atoms with E-state index in [9.17, 15) is 9.59 Å². The van der Waals surface area contributed by atoms with E-state index >= 15 is 0 Å². The zero-order valence-corrected chi connectivity index (χ0v) is 7.51. The average molecular weight is 176 g/mol. The highest BCUT2D eigenvalue weighted by Gasteiger charge is 2.52. The van der Waals surface area contributed by atoms with Crippen LogP contribution in [0.4, 0.5) is 0 Å². The van der Waals surface area contributed by atoms with Crippen LogP contribution in [0.5, 0.6) is 0 Å². The highest BCUT2D eigenvalue weighted by molar-refractivity contribution is 5.96. The second-order valence-corrected chi connectivity index (χ2v) is 4.66. The highest BCUT2D eigenvalue weighted by atomic mass is 16.1. The number of hydrogen-bond donors (Lipinski definition) is 0. The van der Waals surface area contributed by atoms with Crippen molar-refractivity contribution >= 4 is 11.6 Å². The molecular weight excluding hydrogens is 164 g/mol. The van der Waals surface area contributed by atoms with Crippen LogP contribution in [-0.2, 0) is 9.59 Å². The molecule has 2 nitrogen and oxygen atoms in total. The van der Waals surface area contributed by atoms with Crippen LogP contribution in [-0.4, -0.2) is 11.6 Å². The molecule has 0 N–H and O–H groups in total. The molecule has 0 aromatic carbocycles. The van der Waals surface area contributed by atoms with Crippen LogP contribution in [0.2, 0.25) is 0 Å². The molecule has 0 radical (unpaired) electrons. The predicted octanol–water partition coefficient (Wildman–Crippen LogP) is 1.64. The van der Waals surface area contributed by atoms with Gasteiger partial charge in [0.05, 0.1) is 0 Å². The van der Waals surface area contributed by atoms with Crippen molar-refractivity contribution in [3.63, 3.8) is 0 Å². The van der Waals surface area contributed by atoms with Crippen molar-refractivity contribution in [1.82, 2.24) is 0 Å². The molecule has 2 atom stereocenters. The summed E-state index contributed by atoms with van der Waals surface area (Å²) >= 11 is 0. The van der Waals surface area contributed by atoms with E-state index in [0.29, 0.717) is 18.6 Å².